The third-order valence-corrected chi connectivity index (χ3v) is 4.57. The molecule has 4 rings (SSSR count). The van der Waals surface area contributed by atoms with Crippen molar-refractivity contribution in [2.24, 2.45) is 5.73 Å². The molecule has 2 aromatic carbocycles. The zero-order valence-corrected chi connectivity index (χ0v) is 17.7. The highest BCUT2D eigenvalue weighted by molar-refractivity contribution is 6.02. The third-order valence-electron chi connectivity index (χ3n) is 4.57. The van der Waals surface area contributed by atoms with Crippen LogP contribution in [-0.4, -0.2) is 29.6 Å². The number of carbonyl (C=O) groups is 2. The lowest BCUT2D eigenvalue weighted by Crippen LogP contribution is -1.97. The van der Waals surface area contributed by atoms with Crippen LogP contribution >= 0.6 is 0 Å². The second-order valence-corrected chi connectivity index (χ2v) is 6.38. The summed E-state index contributed by atoms with van der Waals surface area (Å²) in [6.45, 7) is 3.60. The smallest absolute Gasteiger partial charge is 0.160 e. The standard InChI is InChI=1S/C24H18N2O.CH5N.CH2O/c1-17(27)23-8-7-20(18-5-3-2-4-6-18)14-24(23)22-13-21(15-26-16-22)19-9-11-25-12-10-19;2*1-2/h2-16H,1H3;2H2,1H3;1H2. The lowest BCUT2D eigenvalue weighted by Gasteiger charge is -2.12. The molecular formula is C26H25N3O2. The number of Topliss-reactive ketones (excluding diaryl/α,β-unsaturated/α-hetero) is 1. The number of pyridine rings is 2. The number of ketones is 1. The van der Waals surface area contributed by atoms with Gasteiger partial charge in [-0.3, -0.25) is 14.8 Å². The molecule has 4 aromatic rings. The van der Waals surface area contributed by atoms with Crippen molar-refractivity contribution in [2.75, 3.05) is 7.05 Å². The zero-order valence-electron chi connectivity index (χ0n) is 17.7. The molecule has 31 heavy (non-hydrogen) atoms. The molecule has 0 spiro atoms. The van der Waals surface area contributed by atoms with Crippen molar-refractivity contribution in [3.8, 4) is 33.4 Å². The van der Waals surface area contributed by atoms with E-state index in [1.807, 2.05) is 55.5 Å². The average molecular weight is 412 g/mol. The second-order valence-electron chi connectivity index (χ2n) is 6.38. The Labute approximate surface area is 182 Å². The number of aromatic nitrogens is 2. The summed E-state index contributed by atoms with van der Waals surface area (Å²) in [6.07, 6.45) is 7.16. The summed E-state index contributed by atoms with van der Waals surface area (Å²) in [7, 11) is 1.50. The molecule has 0 radical (unpaired) electrons. The first kappa shape index (κ1) is 23.3. The van der Waals surface area contributed by atoms with E-state index in [9.17, 15) is 4.79 Å². The van der Waals surface area contributed by atoms with E-state index in [1.165, 1.54) is 7.05 Å². The summed E-state index contributed by atoms with van der Waals surface area (Å²) in [5, 5.41) is 0. The molecule has 2 aromatic heterocycles. The van der Waals surface area contributed by atoms with Crippen LogP contribution in [0, 0.1) is 0 Å². The molecule has 5 heteroatoms. The van der Waals surface area contributed by atoms with Gasteiger partial charge in [-0.1, -0.05) is 42.5 Å². The maximum absolute atomic E-state index is 12.2. The molecule has 0 fully saturated rings. The molecule has 2 heterocycles. The normalized spacial score (nSPS) is 9.52. The summed E-state index contributed by atoms with van der Waals surface area (Å²) in [5.74, 6) is 0.0407. The molecule has 2 N–H and O–H groups in total. The van der Waals surface area contributed by atoms with Crippen molar-refractivity contribution in [3.05, 3.63) is 97.1 Å². The molecule has 0 bridgehead atoms. The molecule has 0 atom stereocenters. The highest BCUT2D eigenvalue weighted by Gasteiger charge is 2.12. The first-order valence-electron chi connectivity index (χ1n) is 9.65. The van der Waals surface area contributed by atoms with E-state index in [2.05, 4.69) is 40.0 Å². The fraction of sp³-hybridized carbons (Fsp3) is 0.0769. The minimum Gasteiger partial charge on any atom is -0.333 e. The number of nitrogens with two attached hydrogens (primary N) is 1. The molecule has 156 valence electrons. The Kier molecular flexibility index (Phi) is 8.95. The van der Waals surface area contributed by atoms with Crippen molar-refractivity contribution >= 4 is 12.6 Å². The average Bonchev–Trinajstić information content (AvgIpc) is 2.87. The van der Waals surface area contributed by atoms with E-state index >= 15 is 0 Å². The molecule has 0 aliphatic heterocycles. The Morgan fingerprint density at radius 3 is 1.97 bits per heavy atom. The van der Waals surface area contributed by atoms with Gasteiger partial charge in [0.05, 0.1) is 0 Å². The number of carbonyl (C=O) groups excluding carboxylic acids is 2. The maximum atomic E-state index is 12.2. The van der Waals surface area contributed by atoms with E-state index in [1.54, 1.807) is 25.5 Å². The SMILES string of the molecule is C=O.CC(=O)c1ccc(-c2ccccc2)cc1-c1cncc(-c2ccncc2)c1.CN. The number of benzene rings is 2. The van der Waals surface area contributed by atoms with Crippen molar-refractivity contribution in [3.63, 3.8) is 0 Å². The van der Waals surface area contributed by atoms with Crippen molar-refractivity contribution in [1.82, 2.24) is 9.97 Å². The topological polar surface area (TPSA) is 85.9 Å². The highest BCUT2D eigenvalue weighted by Crippen LogP contribution is 2.31. The van der Waals surface area contributed by atoms with Gasteiger partial charge in [0.25, 0.3) is 0 Å². The summed E-state index contributed by atoms with van der Waals surface area (Å²) in [5.41, 5.74) is 11.2. The van der Waals surface area contributed by atoms with Crippen LogP contribution in [0.15, 0.2) is 91.5 Å². The van der Waals surface area contributed by atoms with Gasteiger partial charge in [0.2, 0.25) is 0 Å². The summed E-state index contributed by atoms with van der Waals surface area (Å²) < 4.78 is 0. The van der Waals surface area contributed by atoms with Crippen molar-refractivity contribution in [1.29, 1.82) is 0 Å². The zero-order chi connectivity index (χ0) is 22.6. The Bertz CT molecular complexity index is 1110. The van der Waals surface area contributed by atoms with Crippen molar-refractivity contribution in [2.45, 2.75) is 6.92 Å². The molecule has 0 aliphatic rings. The van der Waals surface area contributed by atoms with Crippen LogP contribution in [0.4, 0.5) is 0 Å². The number of hydrogen-bond donors (Lipinski definition) is 1. The number of hydrogen-bond acceptors (Lipinski definition) is 5. The minimum absolute atomic E-state index is 0.0407. The van der Waals surface area contributed by atoms with Gasteiger partial charge in [-0.2, -0.15) is 0 Å². The van der Waals surface area contributed by atoms with Crippen LogP contribution in [-0.2, 0) is 4.79 Å². The van der Waals surface area contributed by atoms with Crippen LogP contribution in [0.3, 0.4) is 0 Å². The molecular weight excluding hydrogens is 386 g/mol. The van der Waals surface area contributed by atoms with Crippen LogP contribution in [0.5, 0.6) is 0 Å². The van der Waals surface area contributed by atoms with Gasteiger partial charge in [0, 0.05) is 41.5 Å². The van der Waals surface area contributed by atoms with Gasteiger partial charge in [0.15, 0.2) is 5.78 Å². The summed E-state index contributed by atoms with van der Waals surface area (Å²) in [4.78, 5) is 28.7. The van der Waals surface area contributed by atoms with Gasteiger partial charge in [-0.25, -0.2) is 0 Å². The monoisotopic (exact) mass is 411 g/mol. The molecule has 0 saturated carbocycles. The third kappa shape index (κ3) is 5.78. The van der Waals surface area contributed by atoms with E-state index in [4.69, 9.17) is 4.79 Å². The van der Waals surface area contributed by atoms with Gasteiger partial charge in [-0.05, 0) is 60.5 Å². The van der Waals surface area contributed by atoms with E-state index in [-0.39, 0.29) is 5.78 Å². The van der Waals surface area contributed by atoms with Crippen LogP contribution in [0.25, 0.3) is 33.4 Å². The first-order valence-corrected chi connectivity index (χ1v) is 9.65. The van der Waals surface area contributed by atoms with Crippen LogP contribution in [0.1, 0.15) is 17.3 Å². The van der Waals surface area contributed by atoms with Gasteiger partial charge >= 0.3 is 0 Å². The first-order chi connectivity index (χ1) is 15.2. The fourth-order valence-electron chi connectivity index (χ4n) is 3.19. The fourth-order valence-corrected chi connectivity index (χ4v) is 3.19. The second kappa shape index (κ2) is 11.9. The molecule has 5 nitrogen and oxygen atoms in total. The van der Waals surface area contributed by atoms with E-state index < -0.39 is 0 Å². The highest BCUT2D eigenvalue weighted by atomic mass is 16.1. The molecule has 0 amide bonds. The Morgan fingerprint density at radius 2 is 1.32 bits per heavy atom. The Hall–Kier alpha value is -3.96. The predicted octanol–water partition coefficient (Wildman–Crippen LogP) is 5.07. The Balaban J connectivity index is 0.000000807. The Morgan fingerprint density at radius 1 is 0.710 bits per heavy atom. The molecule has 0 unspecified atom stereocenters. The maximum Gasteiger partial charge on any atom is 0.160 e. The predicted molar refractivity (Wildman–Crippen MR) is 126 cm³/mol. The van der Waals surface area contributed by atoms with E-state index in [0.717, 1.165) is 33.4 Å². The number of rotatable bonds is 4. The lowest BCUT2D eigenvalue weighted by molar-refractivity contribution is -0.0980. The quantitative estimate of drug-likeness (QED) is 0.474. The minimum atomic E-state index is 0.0407. The lowest BCUT2D eigenvalue weighted by atomic mass is 9.93. The molecule has 0 aliphatic carbocycles. The van der Waals surface area contributed by atoms with Gasteiger partial charge < -0.3 is 10.5 Å². The largest absolute Gasteiger partial charge is 0.333 e. The van der Waals surface area contributed by atoms with E-state index in [0.29, 0.717) is 5.56 Å². The van der Waals surface area contributed by atoms with Crippen LogP contribution < -0.4 is 5.73 Å². The molecule has 0 saturated heterocycles. The summed E-state index contributed by atoms with van der Waals surface area (Å²) >= 11 is 0. The van der Waals surface area contributed by atoms with Crippen molar-refractivity contribution < 1.29 is 9.59 Å². The van der Waals surface area contributed by atoms with Gasteiger partial charge in [-0.15, -0.1) is 0 Å². The van der Waals surface area contributed by atoms with Crippen LogP contribution in [0.2, 0.25) is 0 Å². The number of nitrogens with zero attached hydrogens (tertiary/aromatic N) is 2. The summed E-state index contributed by atoms with van der Waals surface area (Å²) in [6, 6.07) is 22.1. The van der Waals surface area contributed by atoms with Gasteiger partial charge in [0.1, 0.15) is 6.79 Å².